The summed E-state index contributed by atoms with van der Waals surface area (Å²) in [6, 6.07) is 55.4. The third kappa shape index (κ3) is 4.92. The molecule has 1 nitrogen and oxygen atoms in total. The summed E-state index contributed by atoms with van der Waals surface area (Å²) in [6.07, 6.45) is 0. The number of rotatable bonds is 6. The monoisotopic (exact) mass is 724 g/mol. The predicted octanol–water partition coefficient (Wildman–Crippen LogP) is 14.7. The summed E-state index contributed by atoms with van der Waals surface area (Å²) in [5.74, 6) is 0. The second-order valence-corrected chi connectivity index (χ2v) is 15.0. The van der Waals surface area contributed by atoms with Gasteiger partial charge >= 0.3 is 0 Å². The molecule has 258 valence electrons. The molecule has 1 aromatic heterocycles. The van der Waals surface area contributed by atoms with Crippen LogP contribution in [0.25, 0.3) is 53.2 Å². The van der Waals surface area contributed by atoms with Crippen LogP contribution in [-0.4, -0.2) is 0 Å². The Morgan fingerprint density at radius 1 is 0.455 bits per heavy atom. The molecule has 55 heavy (non-hydrogen) atoms. The lowest BCUT2D eigenvalue weighted by atomic mass is 9.66. The van der Waals surface area contributed by atoms with Crippen LogP contribution in [0, 0.1) is 0 Å². The van der Waals surface area contributed by atoms with Crippen molar-refractivity contribution in [3.8, 4) is 22.3 Å². The SMILES string of the molecule is [2H]c1c([2H])c([2H])c2c([2H])c(C3(c4cccc5sc6ccccc6c45)c4ccccc4-c4cc(N(c5ccccc5)c5ccc(-c6ccccc6)cc5)ccc43)c([2H])c([2H])c2c1[2H]. The fourth-order valence-electron chi connectivity index (χ4n) is 8.62. The van der Waals surface area contributed by atoms with Gasteiger partial charge in [0.1, 0.15) is 0 Å². The van der Waals surface area contributed by atoms with Gasteiger partial charge in [-0.2, -0.15) is 0 Å². The lowest BCUT2D eigenvalue weighted by molar-refractivity contribution is 0.778. The Labute approximate surface area is 334 Å². The Morgan fingerprint density at radius 2 is 1.09 bits per heavy atom. The zero-order valence-corrected chi connectivity index (χ0v) is 30.3. The van der Waals surface area contributed by atoms with Crippen LogP contribution in [0.2, 0.25) is 0 Å². The summed E-state index contributed by atoms with van der Waals surface area (Å²) >= 11 is 1.68. The zero-order valence-electron chi connectivity index (χ0n) is 36.5. The fraction of sp³-hybridized carbons (Fsp3) is 0.0189. The van der Waals surface area contributed by atoms with E-state index in [0.29, 0.717) is 0 Å². The molecule has 0 N–H and O–H groups in total. The van der Waals surface area contributed by atoms with E-state index in [1.807, 2.05) is 72.8 Å². The van der Waals surface area contributed by atoms with Crippen LogP contribution in [0.5, 0.6) is 0 Å². The van der Waals surface area contributed by atoms with Gasteiger partial charge in [-0.25, -0.2) is 0 Å². The fourth-order valence-corrected chi connectivity index (χ4v) is 9.75. The molecule has 1 unspecified atom stereocenters. The highest BCUT2D eigenvalue weighted by Gasteiger charge is 2.47. The Bertz CT molecular complexity index is 3440. The van der Waals surface area contributed by atoms with E-state index in [2.05, 4.69) is 102 Å². The minimum atomic E-state index is -1.35. The quantitative estimate of drug-likeness (QED) is 0.165. The van der Waals surface area contributed by atoms with Crippen molar-refractivity contribution in [2.24, 2.45) is 0 Å². The van der Waals surface area contributed by atoms with E-state index >= 15 is 0 Å². The molecule has 2 heteroatoms. The highest BCUT2D eigenvalue weighted by atomic mass is 32.1. The second-order valence-electron chi connectivity index (χ2n) is 13.9. The summed E-state index contributed by atoms with van der Waals surface area (Å²) in [5, 5.41) is 1.82. The smallest absolute Gasteiger partial charge is 0.0720 e. The van der Waals surface area contributed by atoms with E-state index in [-0.39, 0.29) is 34.5 Å². The van der Waals surface area contributed by atoms with Gasteiger partial charge < -0.3 is 4.90 Å². The van der Waals surface area contributed by atoms with Gasteiger partial charge in [0, 0.05) is 37.2 Å². The van der Waals surface area contributed by atoms with Gasteiger partial charge in [-0.15, -0.1) is 11.3 Å². The number of thiophene rings is 1. The maximum atomic E-state index is 10.1. The molecule has 9 aromatic carbocycles. The molecule has 1 aliphatic rings. The van der Waals surface area contributed by atoms with Crippen molar-refractivity contribution in [2.75, 3.05) is 4.90 Å². The molecule has 0 saturated carbocycles. The minimum absolute atomic E-state index is 0.0644. The largest absolute Gasteiger partial charge is 0.310 e. The lowest BCUT2D eigenvalue weighted by Gasteiger charge is -2.35. The van der Waals surface area contributed by atoms with E-state index in [0.717, 1.165) is 76.2 Å². The highest BCUT2D eigenvalue weighted by Crippen LogP contribution is 2.59. The van der Waals surface area contributed by atoms with Crippen LogP contribution in [0.3, 0.4) is 0 Å². The molecule has 1 aliphatic carbocycles. The first-order valence-corrected chi connectivity index (χ1v) is 19.2. The lowest BCUT2D eigenvalue weighted by Crippen LogP contribution is -2.29. The van der Waals surface area contributed by atoms with Gasteiger partial charge in [0.2, 0.25) is 0 Å². The molecule has 1 heterocycles. The zero-order chi connectivity index (χ0) is 42.4. The summed E-state index contributed by atoms with van der Waals surface area (Å²) < 4.78 is 66.7. The van der Waals surface area contributed by atoms with Crippen molar-refractivity contribution in [1.82, 2.24) is 0 Å². The van der Waals surface area contributed by atoms with Gasteiger partial charge in [-0.05, 0) is 110 Å². The molecule has 0 spiro atoms. The normalized spacial score (nSPS) is 16.4. The van der Waals surface area contributed by atoms with E-state index in [1.54, 1.807) is 11.3 Å². The van der Waals surface area contributed by atoms with Crippen LogP contribution >= 0.6 is 11.3 Å². The minimum Gasteiger partial charge on any atom is -0.310 e. The first-order chi connectivity index (χ1) is 30.2. The van der Waals surface area contributed by atoms with E-state index < -0.39 is 29.6 Å². The van der Waals surface area contributed by atoms with Crippen molar-refractivity contribution >= 4 is 59.3 Å². The van der Waals surface area contributed by atoms with Gasteiger partial charge in [0.05, 0.1) is 15.0 Å². The molecule has 10 aromatic rings. The molecule has 11 rings (SSSR count). The molecular formula is C53H35NS. The summed E-state index contributed by atoms with van der Waals surface area (Å²) in [6.45, 7) is 0. The average molecular weight is 725 g/mol. The van der Waals surface area contributed by atoms with Gasteiger partial charge in [0.25, 0.3) is 0 Å². The topological polar surface area (TPSA) is 3.24 Å². The number of nitrogens with zero attached hydrogens (tertiary/aromatic N) is 1. The third-order valence-corrected chi connectivity index (χ3v) is 12.1. The van der Waals surface area contributed by atoms with Gasteiger partial charge in [0.15, 0.2) is 0 Å². The predicted molar refractivity (Wildman–Crippen MR) is 234 cm³/mol. The number of hydrogen-bond acceptors (Lipinski definition) is 2. The van der Waals surface area contributed by atoms with E-state index in [9.17, 15) is 4.11 Å². The molecule has 1 atom stereocenters. The average Bonchev–Trinajstić information content (AvgIpc) is 3.84. The van der Waals surface area contributed by atoms with Gasteiger partial charge in [-0.3, -0.25) is 0 Å². The maximum absolute atomic E-state index is 10.1. The molecular weight excluding hydrogens is 683 g/mol. The Hall–Kier alpha value is -6.74. The van der Waals surface area contributed by atoms with Crippen molar-refractivity contribution < 1.29 is 9.60 Å². The maximum Gasteiger partial charge on any atom is 0.0720 e. The Morgan fingerprint density at radius 3 is 1.95 bits per heavy atom. The first-order valence-electron chi connectivity index (χ1n) is 21.9. The molecule has 0 bridgehead atoms. The number of hydrogen-bond donors (Lipinski definition) is 0. The van der Waals surface area contributed by atoms with Crippen LogP contribution < -0.4 is 4.90 Å². The number of anilines is 3. The number of para-hydroxylation sites is 1. The van der Waals surface area contributed by atoms with Crippen LogP contribution in [0.15, 0.2) is 212 Å². The van der Waals surface area contributed by atoms with Crippen molar-refractivity contribution in [3.63, 3.8) is 0 Å². The van der Waals surface area contributed by atoms with Crippen molar-refractivity contribution in [3.05, 3.63) is 234 Å². The molecule has 0 amide bonds. The number of benzene rings is 9. The summed E-state index contributed by atoms with van der Waals surface area (Å²) in [7, 11) is 0. The number of fused-ring (bicyclic) bond motifs is 7. The van der Waals surface area contributed by atoms with E-state index in [4.69, 9.17) is 5.48 Å². The Kier molecular flexibility index (Phi) is 5.84. The summed E-state index contributed by atoms with van der Waals surface area (Å²) in [5.41, 5.74) is 8.23. The molecule has 0 fully saturated rings. The highest BCUT2D eigenvalue weighted by molar-refractivity contribution is 7.25. The first kappa shape index (κ1) is 25.3. The van der Waals surface area contributed by atoms with Crippen LogP contribution in [0.1, 0.15) is 31.8 Å². The summed E-state index contributed by atoms with van der Waals surface area (Å²) in [4.78, 5) is 2.23. The van der Waals surface area contributed by atoms with Crippen LogP contribution in [0.4, 0.5) is 17.1 Å². The van der Waals surface area contributed by atoms with E-state index in [1.165, 1.54) is 0 Å². The van der Waals surface area contributed by atoms with Crippen LogP contribution in [-0.2, 0) is 5.41 Å². The standard InChI is InChI=1S/C53H35NS/c1-3-14-36(15-4-1)38-27-30-42(31-28-38)54(41-18-5-2-6-19-41)43-32-33-48-46(35-43)44-20-9-11-22-47(44)53(48,40-29-26-37-16-7-8-17-39(37)34-40)49-23-13-25-51-52(49)45-21-10-12-24-50(45)55-51/h1-35H/i7D,8D,16D,17D,26D,29D,34D. The van der Waals surface area contributed by atoms with Crippen molar-refractivity contribution in [1.29, 1.82) is 0 Å². The molecule has 0 aliphatic heterocycles. The van der Waals surface area contributed by atoms with Crippen molar-refractivity contribution in [2.45, 2.75) is 5.41 Å². The third-order valence-electron chi connectivity index (χ3n) is 11.0. The Balaban J connectivity index is 1.25. The molecule has 0 saturated heterocycles. The molecule has 0 radical (unpaired) electrons. The van der Waals surface area contributed by atoms with Gasteiger partial charge in [-0.1, -0.05) is 158 Å². The second kappa shape index (κ2) is 12.7.